The van der Waals surface area contributed by atoms with Crippen LogP contribution in [0.2, 0.25) is 5.02 Å². The van der Waals surface area contributed by atoms with Gasteiger partial charge in [-0.3, -0.25) is 0 Å². The summed E-state index contributed by atoms with van der Waals surface area (Å²) < 4.78 is 13.0. The van der Waals surface area contributed by atoms with Crippen molar-refractivity contribution in [3.05, 3.63) is 34.6 Å². The molecule has 0 radical (unpaired) electrons. The number of rotatable bonds is 4. The van der Waals surface area contributed by atoms with Crippen molar-refractivity contribution in [3.63, 3.8) is 0 Å². The van der Waals surface area contributed by atoms with Crippen LogP contribution in [0.15, 0.2) is 18.2 Å². The van der Waals surface area contributed by atoms with Crippen molar-refractivity contribution in [2.45, 2.75) is 44.6 Å². The zero-order chi connectivity index (χ0) is 12.3. The first-order chi connectivity index (χ1) is 8.15. The Morgan fingerprint density at radius 2 is 2.29 bits per heavy atom. The molecule has 1 aliphatic rings. The molecule has 1 aromatic rings. The minimum absolute atomic E-state index is 0.177. The van der Waals surface area contributed by atoms with Crippen molar-refractivity contribution in [3.8, 4) is 0 Å². The number of halogens is 2. The van der Waals surface area contributed by atoms with E-state index < -0.39 is 0 Å². The first-order valence-corrected chi connectivity index (χ1v) is 6.72. The second-order valence-electron chi connectivity index (χ2n) is 4.97. The van der Waals surface area contributed by atoms with Crippen molar-refractivity contribution >= 4 is 11.6 Å². The summed E-state index contributed by atoms with van der Waals surface area (Å²) >= 11 is 6.10. The fourth-order valence-corrected chi connectivity index (χ4v) is 3.06. The van der Waals surface area contributed by atoms with Crippen molar-refractivity contribution in [2.75, 3.05) is 6.54 Å². The quantitative estimate of drug-likeness (QED) is 0.859. The molecule has 94 valence electrons. The maximum Gasteiger partial charge on any atom is 0.124 e. The van der Waals surface area contributed by atoms with Crippen LogP contribution in [-0.2, 0) is 6.42 Å². The maximum absolute atomic E-state index is 13.0. The highest BCUT2D eigenvalue weighted by atomic mass is 35.5. The van der Waals surface area contributed by atoms with E-state index in [1.165, 1.54) is 25.0 Å². The lowest BCUT2D eigenvalue weighted by Crippen LogP contribution is -2.41. The van der Waals surface area contributed by atoms with Gasteiger partial charge in [0.1, 0.15) is 5.82 Å². The van der Waals surface area contributed by atoms with Crippen LogP contribution in [0.25, 0.3) is 0 Å². The van der Waals surface area contributed by atoms with Crippen LogP contribution in [0.3, 0.4) is 0 Å². The summed E-state index contributed by atoms with van der Waals surface area (Å²) in [5.41, 5.74) is 1.23. The lowest BCUT2D eigenvalue weighted by molar-refractivity contribution is 0.342. The van der Waals surface area contributed by atoms with Gasteiger partial charge in [0.2, 0.25) is 0 Å². The molecular weight excluding hydrogens is 237 g/mol. The third-order valence-electron chi connectivity index (χ3n) is 3.60. The van der Waals surface area contributed by atoms with Gasteiger partial charge in [0.05, 0.1) is 0 Å². The summed E-state index contributed by atoms with van der Waals surface area (Å²) in [7, 11) is 0. The molecule has 2 rings (SSSR count). The van der Waals surface area contributed by atoms with E-state index >= 15 is 0 Å². The molecule has 1 fully saturated rings. The summed E-state index contributed by atoms with van der Waals surface area (Å²) in [5.74, 6) is -0.261. The van der Waals surface area contributed by atoms with E-state index in [4.69, 9.17) is 11.6 Å². The zero-order valence-electron chi connectivity index (χ0n) is 10.2. The van der Waals surface area contributed by atoms with E-state index in [-0.39, 0.29) is 11.4 Å². The molecule has 3 heteroatoms. The summed E-state index contributed by atoms with van der Waals surface area (Å²) in [6.07, 6.45) is 5.62. The molecular formula is C14H19ClFN. The number of nitrogens with one attached hydrogen (secondary N) is 1. The molecule has 17 heavy (non-hydrogen) atoms. The fraction of sp³-hybridized carbons (Fsp3) is 0.571. The van der Waals surface area contributed by atoms with Gasteiger partial charge < -0.3 is 5.32 Å². The first-order valence-electron chi connectivity index (χ1n) is 6.34. The molecule has 0 amide bonds. The molecule has 1 nitrogen and oxygen atoms in total. The molecule has 1 saturated heterocycles. The third kappa shape index (κ3) is 2.99. The number of benzene rings is 1. The Labute approximate surface area is 107 Å². The van der Waals surface area contributed by atoms with E-state index in [0.717, 1.165) is 31.4 Å². The van der Waals surface area contributed by atoms with Gasteiger partial charge in [-0.25, -0.2) is 4.39 Å². The minimum Gasteiger partial charge on any atom is -0.311 e. The second kappa shape index (κ2) is 5.36. The van der Waals surface area contributed by atoms with Gasteiger partial charge in [-0.1, -0.05) is 31.0 Å². The van der Waals surface area contributed by atoms with E-state index in [1.54, 1.807) is 0 Å². The molecule has 1 aromatic carbocycles. The highest BCUT2D eigenvalue weighted by Crippen LogP contribution is 2.31. The monoisotopic (exact) mass is 255 g/mol. The molecule has 1 aliphatic heterocycles. The third-order valence-corrected chi connectivity index (χ3v) is 3.96. The summed E-state index contributed by atoms with van der Waals surface area (Å²) in [6, 6.07) is 4.72. The topological polar surface area (TPSA) is 12.0 Å². The Kier molecular flexibility index (Phi) is 4.05. The van der Waals surface area contributed by atoms with Gasteiger partial charge in [0.15, 0.2) is 0 Å². The molecule has 1 heterocycles. The van der Waals surface area contributed by atoms with Gasteiger partial charge in [0, 0.05) is 10.6 Å². The van der Waals surface area contributed by atoms with Crippen LogP contribution >= 0.6 is 11.6 Å². The van der Waals surface area contributed by atoms with Gasteiger partial charge in [-0.2, -0.15) is 0 Å². The lowest BCUT2D eigenvalue weighted by atomic mass is 9.85. The normalized spacial score (nSPS) is 24.2. The van der Waals surface area contributed by atoms with Crippen LogP contribution in [0, 0.1) is 5.82 Å². The van der Waals surface area contributed by atoms with Crippen molar-refractivity contribution in [2.24, 2.45) is 0 Å². The number of hydrogen-bond acceptors (Lipinski definition) is 1. The van der Waals surface area contributed by atoms with Crippen LogP contribution in [-0.4, -0.2) is 12.1 Å². The summed E-state index contributed by atoms with van der Waals surface area (Å²) in [5, 5.41) is 4.16. The maximum atomic E-state index is 13.0. The summed E-state index contributed by atoms with van der Waals surface area (Å²) in [6.45, 7) is 3.28. The molecule has 0 aliphatic carbocycles. The minimum atomic E-state index is -0.261. The highest BCUT2D eigenvalue weighted by molar-refractivity contribution is 6.31. The summed E-state index contributed by atoms with van der Waals surface area (Å²) in [4.78, 5) is 0. The average molecular weight is 256 g/mol. The Morgan fingerprint density at radius 1 is 1.47 bits per heavy atom. The van der Waals surface area contributed by atoms with Crippen LogP contribution in [0.1, 0.15) is 38.2 Å². The van der Waals surface area contributed by atoms with Gasteiger partial charge >= 0.3 is 0 Å². The van der Waals surface area contributed by atoms with Crippen molar-refractivity contribution in [1.82, 2.24) is 5.32 Å². The standard InChI is InChI=1S/C14H19ClFN/c1-2-6-14(7-3-8-17-14)10-11-4-5-12(16)9-13(11)15/h4-5,9,17H,2-3,6-8,10H2,1H3. The Balaban J connectivity index is 2.17. The molecule has 0 bridgehead atoms. The molecule has 1 N–H and O–H groups in total. The van der Waals surface area contributed by atoms with E-state index in [1.807, 2.05) is 6.07 Å². The molecule has 0 spiro atoms. The molecule has 1 unspecified atom stereocenters. The van der Waals surface area contributed by atoms with E-state index in [2.05, 4.69) is 12.2 Å². The van der Waals surface area contributed by atoms with Crippen LogP contribution in [0.4, 0.5) is 4.39 Å². The second-order valence-corrected chi connectivity index (χ2v) is 5.38. The SMILES string of the molecule is CCCC1(Cc2ccc(F)cc2Cl)CCCN1. The Morgan fingerprint density at radius 3 is 2.88 bits per heavy atom. The van der Waals surface area contributed by atoms with Gasteiger partial charge in [-0.05, 0) is 49.9 Å². The van der Waals surface area contributed by atoms with Crippen LogP contribution < -0.4 is 5.32 Å². The van der Waals surface area contributed by atoms with Crippen molar-refractivity contribution in [1.29, 1.82) is 0 Å². The predicted molar refractivity (Wildman–Crippen MR) is 70.0 cm³/mol. The van der Waals surface area contributed by atoms with Gasteiger partial charge in [-0.15, -0.1) is 0 Å². The lowest BCUT2D eigenvalue weighted by Gasteiger charge is -2.30. The Bertz CT molecular complexity index is 386. The number of hydrogen-bond donors (Lipinski definition) is 1. The smallest absolute Gasteiger partial charge is 0.124 e. The zero-order valence-corrected chi connectivity index (χ0v) is 11.0. The van der Waals surface area contributed by atoms with Crippen molar-refractivity contribution < 1.29 is 4.39 Å². The first kappa shape index (κ1) is 12.8. The predicted octanol–water partition coefficient (Wildman–Crippen LogP) is 3.94. The molecule has 0 saturated carbocycles. The fourth-order valence-electron chi connectivity index (χ4n) is 2.83. The van der Waals surface area contributed by atoms with E-state index in [0.29, 0.717) is 5.02 Å². The van der Waals surface area contributed by atoms with Gasteiger partial charge in [0.25, 0.3) is 0 Å². The van der Waals surface area contributed by atoms with E-state index in [9.17, 15) is 4.39 Å². The largest absolute Gasteiger partial charge is 0.311 e. The highest BCUT2D eigenvalue weighted by Gasteiger charge is 2.32. The molecule has 0 aromatic heterocycles. The Hall–Kier alpha value is -0.600. The van der Waals surface area contributed by atoms with Crippen LogP contribution in [0.5, 0.6) is 0 Å². The average Bonchev–Trinajstić information content (AvgIpc) is 2.72. The molecule has 1 atom stereocenters.